The molecule has 0 atom stereocenters. The van der Waals surface area contributed by atoms with Crippen molar-refractivity contribution in [2.45, 2.75) is 33.1 Å². The van der Waals surface area contributed by atoms with Crippen molar-refractivity contribution in [3.8, 4) is 0 Å². The number of hydrogen-bond acceptors (Lipinski definition) is 4. The molecule has 1 aliphatic heterocycles. The standard InChI is InChI=1S/C17H36N4O2/c1-4-18-17(19-9-6-13-23-5-2)20-15-16-7-10-21(11-8-16)12-14-22-3/h16H,4-15H2,1-3H3,(H2,18,19,20). The summed E-state index contributed by atoms with van der Waals surface area (Å²) < 4.78 is 10.5. The quantitative estimate of drug-likeness (QED) is 0.340. The fourth-order valence-electron chi connectivity index (χ4n) is 2.70. The van der Waals surface area contributed by atoms with E-state index in [0.29, 0.717) is 5.92 Å². The molecule has 0 spiro atoms. The molecule has 6 nitrogen and oxygen atoms in total. The summed E-state index contributed by atoms with van der Waals surface area (Å²) >= 11 is 0. The molecule has 1 heterocycles. The van der Waals surface area contributed by atoms with Crippen LogP contribution < -0.4 is 10.6 Å². The van der Waals surface area contributed by atoms with Crippen LogP contribution in [0, 0.1) is 5.92 Å². The van der Waals surface area contributed by atoms with Crippen LogP contribution in [0.25, 0.3) is 0 Å². The lowest BCUT2D eigenvalue weighted by atomic mass is 9.97. The largest absolute Gasteiger partial charge is 0.383 e. The van der Waals surface area contributed by atoms with Crippen LogP contribution in [-0.4, -0.2) is 77.1 Å². The summed E-state index contributed by atoms with van der Waals surface area (Å²) in [5.41, 5.74) is 0. The lowest BCUT2D eigenvalue weighted by Crippen LogP contribution is -2.39. The summed E-state index contributed by atoms with van der Waals surface area (Å²) in [5, 5.41) is 6.71. The average Bonchev–Trinajstić information content (AvgIpc) is 2.58. The molecule has 6 heteroatoms. The fourth-order valence-corrected chi connectivity index (χ4v) is 2.70. The van der Waals surface area contributed by atoms with Gasteiger partial charge in [-0.2, -0.15) is 0 Å². The summed E-state index contributed by atoms with van der Waals surface area (Å²) in [6.07, 6.45) is 3.48. The zero-order valence-corrected chi connectivity index (χ0v) is 15.3. The fraction of sp³-hybridized carbons (Fsp3) is 0.941. The molecule has 0 aromatic heterocycles. The number of aliphatic imine (C=N–C) groups is 1. The molecule has 0 saturated carbocycles. The van der Waals surface area contributed by atoms with Crippen LogP contribution in [-0.2, 0) is 9.47 Å². The molecule has 0 aromatic rings. The molecule has 0 radical (unpaired) electrons. The summed E-state index contributed by atoms with van der Waals surface area (Å²) in [5.74, 6) is 1.64. The van der Waals surface area contributed by atoms with Gasteiger partial charge in [-0.05, 0) is 52.1 Å². The number of nitrogens with zero attached hydrogens (tertiary/aromatic N) is 2. The first-order valence-corrected chi connectivity index (χ1v) is 9.11. The van der Waals surface area contributed by atoms with Crippen molar-refractivity contribution in [2.75, 3.05) is 66.2 Å². The van der Waals surface area contributed by atoms with Crippen LogP contribution in [0.2, 0.25) is 0 Å². The zero-order valence-electron chi connectivity index (χ0n) is 15.3. The van der Waals surface area contributed by atoms with Crippen LogP contribution in [0.1, 0.15) is 33.1 Å². The Kier molecular flexibility index (Phi) is 11.9. The van der Waals surface area contributed by atoms with Crippen molar-refractivity contribution in [1.82, 2.24) is 15.5 Å². The van der Waals surface area contributed by atoms with Crippen LogP contribution in [0.3, 0.4) is 0 Å². The second kappa shape index (κ2) is 13.6. The topological polar surface area (TPSA) is 58.1 Å². The zero-order chi connectivity index (χ0) is 16.8. The maximum atomic E-state index is 5.35. The van der Waals surface area contributed by atoms with Crippen molar-refractivity contribution < 1.29 is 9.47 Å². The monoisotopic (exact) mass is 328 g/mol. The molecule has 0 aromatic carbocycles. The minimum absolute atomic E-state index is 0.702. The van der Waals surface area contributed by atoms with Crippen LogP contribution in [0.15, 0.2) is 4.99 Å². The first kappa shape index (κ1) is 20.2. The third kappa shape index (κ3) is 9.79. The molecule has 23 heavy (non-hydrogen) atoms. The van der Waals surface area contributed by atoms with E-state index in [2.05, 4.69) is 22.5 Å². The Morgan fingerprint density at radius 2 is 1.96 bits per heavy atom. The molecule has 136 valence electrons. The van der Waals surface area contributed by atoms with Gasteiger partial charge in [-0.1, -0.05) is 0 Å². The number of hydrogen-bond donors (Lipinski definition) is 2. The lowest BCUT2D eigenvalue weighted by Gasteiger charge is -2.31. The van der Waals surface area contributed by atoms with Crippen molar-refractivity contribution in [2.24, 2.45) is 10.9 Å². The molecule has 1 fully saturated rings. The maximum Gasteiger partial charge on any atom is 0.191 e. The Bertz CT molecular complexity index is 305. The summed E-state index contributed by atoms with van der Waals surface area (Å²) in [7, 11) is 1.77. The number of guanidine groups is 1. The highest BCUT2D eigenvalue weighted by Gasteiger charge is 2.18. The van der Waals surface area contributed by atoms with E-state index in [1.54, 1.807) is 7.11 Å². The van der Waals surface area contributed by atoms with Gasteiger partial charge in [-0.15, -0.1) is 0 Å². The van der Waals surface area contributed by atoms with Gasteiger partial charge in [0.15, 0.2) is 5.96 Å². The number of ether oxygens (including phenoxy) is 2. The van der Waals surface area contributed by atoms with Crippen LogP contribution in [0.4, 0.5) is 0 Å². The number of methoxy groups -OCH3 is 1. The van der Waals surface area contributed by atoms with E-state index in [1.165, 1.54) is 25.9 Å². The first-order chi connectivity index (χ1) is 11.3. The molecule has 0 aliphatic carbocycles. The van der Waals surface area contributed by atoms with Crippen molar-refractivity contribution >= 4 is 5.96 Å². The van der Waals surface area contributed by atoms with E-state index in [1.807, 2.05) is 6.92 Å². The van der Waals surface area contributed by atoms with Gasteiger partial charge < -0.3 is 25.0 Å². The van der Waals surface area contributed by atoms with Crippen molar-refractivity contribution in [1.29, 1.82) is 0 Å². The average molecular weight is 329 g/mol. The summed E-state index contributed by atoms with van der Waals surface area (Å²) in [4.78, 5) is 7.24. The van der Waals surface area contributed by atoms with Gasteiger partial charge in [0.05, 0.1) is 6.61 Å². The molecule has 1 saturated heterocycles. The van der Waals surface area contributed by atoms with Crippen LogP contribution >= 0.6 is 0 Å². The predicted octanol–water partition coefficient (Wildman–Crippen LogP) is 1.33. The molecule has 0 bridgehead atoms. The number of rotatable bonds is 11. The number of piperidine rings is 1. The van der Waals surface area contributed by atoms with E-state index < -0.39 is 0 Å². The van der Waals surface area contributed by atoms with Gasteiger partial charge in [0.2, 0.25) is 0 Å². The third-order valence-corrected chi connectivity index (χ3v) is 4.13. The van der Waals surface area contributed by atoms with E-state index in [4.69, 9.17) is 14.5 Å². The van der Waals surface area contributed by atoms with Gasteiger partial charge in [-0.25, -0.2) is 0 Å². The summed E-state index contributed by atoms with van der Waals surface area (Å²) in [6, 6.07) is 0. The Morgan fingerprint density at radius 1 is 1.17 bits per heavy atom. The van der Waals surface area contributed by atoms with E-state index >= 15 is 0 Å². The van der Waals surface area contributed by atoms with Gasteiger partial charge in [0.1, 0.15) is 0 Å². The SMILES string of the molecule is CCNC(=NCC1CCN(CCOC)CC1)NCCCOCC. The Hall–Kier alpha value is -0.850. The maximum absolute atomic E-state index is 5.35. The van der Waals surface area contributed by atoms with E-state index in [-0.39, 0.29) is 0 Å². The molecular weight excluding hydrogens is 292 g/mol. The lowest BCUT2D eigenvalue weighted by molar-refractivity contribution is 0.121. The molecule has 0 unspecified atom stereocenters. The smallest absolute Gasteiger partial charge is 0.191 e. The molecular formula is C17H36N4O2. The van der Waals surface area contributed by atoms with Gasteiger partial charge in [-0.3, -0.25) is 4.99 Å². The highest BCUT2D eigenvalue weighted by atomic mass is 16.5. The van der Waals surface area contributed by atoms with E-state index in [9.17, 15) is 0 Å². The second-order valence-corrected chi connectivity index (χ2v) is 5.97. The third-order valence-electron chi connectivity index (χ3n) is 4.13. The molecule has 1 aliphatic rings. The van der Waals surface area contributed by atoms with Gasteiger partial charge in [0, 0.05) is 46.5 Å². The minimum Gasteiger partial charge on any atom is -0.383 e. The minimum atomic E-state index is 0.702. The highest BCUT2D eigenvalue weighted by molar-refractivity contribution is 5.79. The summed E-state index contributed by atoms with van der Waals surface area (Å²) in [6.45, 7) is 12.7. The Labute approximate surface area is 142 Å². The molecule has 0 amide bonds. The normalized spacial score (nSPS) is 17.4. The van der Waals surface area contributed by atoms with Crippen LogP contribution in [0.5, 0.6) is 0 Å². The van der Waals surface area contributed by atoms with Crippen molar-refractivity contribution in [3.63, 3.8) is 0 Å². The predicted molar refractivity (Wildman–Crippen MR) is 96.1 cm³/mol. The Morgan fingerprint density at radius 3 is 2.61 bits per heavy atom. The van der Waals surface area contributed by atoms with Gasteiger partial charge in [0.25, 0.3) is 0 Å². The van der Waals surface area contributed by atoms with E-state index in [0.717, 1.165) is 58.4 Å². The molecule has 1 rings (SSSR count). The first-order valence-electron chi connectivity index (χ1n) is 9.11. The molecule has 2 N–H and O–H groups in total. The van der Waals surface area contributed by atoms with Crippen molar-refractivity contribution in [3.05, 3.63) is 0 Å². The second-order valence-electron chi connectivity index (χ2n) is 5.97. The number of likely N-dealkylation sites (tertiary alicyclic amines) is 1. The van der Waals surface area contributed by atoms with Gasteiger partial charge >= 0.3 is 0 Å². The Balaban J connectivity index is 2.23. The highest BCUT2D eigenvalue weighted by Crippen LogP contribution is 2.17. The number of nitrogens with one attached hydrogen (secondary N) is 2.